The highest BCUT2D eigenvalue weighted by Gasteiger charge is 2.64. The van der Waals surface area contributed by atoms with Crippen molar-refractivity contribution in [2.24, 2.45) is 23.7 Å². The van der Waals surface area contributed by atoms with Gasteiger partial charge in [-0.1, -0.05) is 0 Å². The zero-order chi connectivity index (χ0) is 9.83. The van der Waals surface area contributed by atoms with Crippen molar-refractivity contribution in [3.63, 3.8) is 0 Å². The van der Waals surface area contributed by atoms with Gasteiger partial charge in [0.2, 0.25) is 0 Å². The van der Waals surface area contributed by atoms with Crippen LogP contribution in [0.3, 0.4) is 0 Å². The molecule has 2 bridgehead atoms. The van der Waals surface area contributed by atoms with Gasteiger partial charge < -0.3 is 10.6 Å². The molecule has 0 aromatic rings. The van der Waals surface area contributed by atoms with Crippen LogP contribution in [0.25, 0.3) is 0 Å². The highest BCUT2D eigenvalue weighted by molar-refractivity contribution is 5.16. The van der Waals surface area contributed by atoms with E-state index in [1.54, 1.807) is 19.3 Å². The van der Waals surface area contributed by atoms with Crippen LogP contribution >= 0.6 is 0 Å². The predicted molar refractivity (Wildman–Crippen MR) is 60.6 cm³/mol. The van der Waals surface area contributed by atoms with E-state index in [1.807, 2.05) is 0 Å². The molecule has 2 heteroatoms. The Morgan fingerprint density at radius 3 is 2.53 bits per heavy atom. The van der Waals surface area contributed by atoms with E-state index in [0.717, 1.165) is 35.8 Å². The summed E-state index contributed by atoms with van der Waals surface area (Å²) < 4.78 is 0. The fraction of sp³-hybridized carbons (Fsp3) is 1.00. The Kier molecular flexibility index (Phi) is 1.92. The van der Waals surface area contributed by atoms with Crippen LogP contribution in [-0.4, -0.2) is 25.2 Å². The summed E-state index contributed by atoms with van der Waals surface area (Å²) >= 11 is 0. The van der Waals surface area contributed by atoms with Crippen LogP contribution in [0.15, 0.2) is 0 Å². The van der Waals surface area contributed by atoms with E-state index in [9.17, 15) is 0 Å². The first-order chi connectivity index (χ1) is 7.43. The molecule has 5 atom stereocenters. The minimum Gasteiger partial charge on any atom is -0.313 e. The Morgan fingerprint density at radius 1 is 1.07 bits per heavy atom. The average Bonchev–Trinajstić information content (AvgIpc) is 2.72. The number of hydrogen-bond donors (Lipinski definition) is 2. The van der Waals surface area contributed by atoms with E-state index in [-0.39, 0.29) is 0 Å². The molecular weight excluding hydrogens is 184 g/mol. The van der Waals surface area contributed by atoms with Crippen molar-refractivity contribution in [2.45, 2.75) is 44.2 Å². The summed E-state index contributed by atoms with van der Waals surface area (Å²) in [7, 11) is 0. The van der Waals surface area contributed by atoms with Crippen LogP contribution in [0.5, 0.6) is 0 Å². The zero-order valence-corrected chi connectivity index (χ0v) is 9.41. The summed E-state index contributed by atoms with van der Waals surface area (Å²) in [5.41, 5.74) is 0. The second kappa shape index (κ2) is 3.21. The Balaban J connectivity index is 1.31. The van der Waals surface area contributed by atoms with Gasteiger partial charge in [0.15, 0.2) is 0 Å². The highest BCUT2D eigenvalue weighted by atomic mass is 15.1. The van der Waals surface area contributed by atoms with E-state index in [4.69, 9.17) is 0 Å². The average molecular weight is 206 g/mol. The molecule has 3 aliphatic carbocycles. The van der Waals surface area contributed by atoms with Gasteiger partial charge in [-0.15, -0.1) is 0 Å². The molecule has 15 heavy (non-hydrogen) atoms. The first-order valence-electron chi connectivity index (χ1n) is 6.90. The quantitative estimate of drug-likeness (QED) is 0.729. The summed E-state index contributed by atoms with van der Waals surface area (Å²) in [6.45, 7) is 2.48. The number of rotatable bonds is 3. The van der Waals surface area contributed by atoms with Crippen LogP contribution in [-0.2, 0) is 0 Å². The maximum atomic E-state index is 3.84. The van der Waals surface area contributed by atoms with Crippen LogP contribution in [0.1, 0.15) is 32.1 Å². The molecule has 0 aromatic heterocycles. The lowest BCUT2D eigenvalue weighted by molar-refractivity contribution is 0.439. The van der Waals surface area contributed by atoms with Crippen molar-refractivity contribution < 1.29 is 0 Å². The van der Waals surface area contributed by atoms with Crippen molar-refractivity contribution in [2.75, 3.05) is 13.1 Å². The molecule has 2 nitrogen and oxygen atoms in total. The van der Waals surface area contributed by atoms with Gasteiger partial charge in [0.25, 0.3) is 0 Å². The fourth-order valence-corrected chi connectivity index (χ4v) is 4.81. The van der Waals surface area contributed by atoms with Crippen molar-refractivity contribution in [1.29, 1.82) is 0 Å². The largest absolute Gasteiger partial charge is 0.313 e. The molecule has 0 aromatic carbocycles. The van der Waals surface area contributed by atoms with Gasteiger partial charge >= 0.3 is 0 Å². The number of nitrogens with one attached hydrogen (secondary N) is 2. The van der Waals surface area contributed by atoms with Gasteiger partial charge in [-0.3, -0.25) is 0 Å². The fourth-order valence-electron chi connectivity index (χ4n) is 4.81. The van der Waals surface area contributed by atoms with E-state index in [2.05, 4.69) is 10.6 Å². The third-order valence-corrected chi connectivity index (χ3v) is 5.50. The maximum Gasteiger partial charge on any atom is 0.0193 e. The van der Waals surface area contributed by atoms with Gasteiger partial charge in [-0.05, 0) is 62.3 Å². The molecular formula is C13H22N2. The molecule has 4 aliphatic rings. The van der Waals surface area contributed by atoms with E-state index in [0.29, 0.717) is 0 Å². The minimum atomic E-state index is 0.781. The Hall–Kier alpha value is -0.0800. The molecule has 1 heterocycles. The second-order valence-corrected chi connectivity index (χ2v) is 6.22. The molecule has 0 spiro atoms. The molecule has 84 valence electrons. The standard InChI is InChI=1S/C13H22N2/c1-2-10(14-5-1)7-15-13-11-8-3-4-9(6-8)12(11)13/h8-15H,1-7H2. The summed E-state index contributed by atoms with van der Waals surface area (Å²) in [4.78, 5) is 0. The third kappa shape index (κ3) is 1.31. The zero-order valence-electron chi connectivity index (χ0n) is 9.41. The maximum absolute atomic E-state index is 3.84. The first kappa shape index (κ1) is 9.00. The minimum absolute atomic E-state index is 0.781. The monoisotopic (exact) mass is 206 g/mol. The molecule has 0 radical (unpaired) electrons. The Morgan fingerprint density at radius 2 is 1.87 bits per heavy atom. The van der Waals surface area contributed by atoms with Crippen molar-refractivity contribution >= 4 is 0 Å². The molecule has 0 amide bonds. The van der Waals surface area contributed by atoms with E-state index < -0.39 is 0 Å². The van der Waals surface area contributed by atoms with Gasteiger partial charge in [0.05, 0.1) is 0 Å². The topological polar surface area (TPSA) is 24.1 Å². The smallest absolute Gasteiger partial charge is 0.0193 e. The van der Waals surface area contributed by atoms with Crippen LogP contribution < -0.4 is 10.6 Å². The highest BCUT2D eigenvalue weighted by Crippen LogP contribution is 2.65. The summed E-state index contributed by atoms with van der Waals surface area (Å²) in [5, 5.41) is 7.42. The summed E-state index contributed by atoms with van der Waals surface area (Å²) in [6.07, 6.45) is 7.45. The number of fused-ring (bicyclic) bond motifs is 5. The molecule has 2 N–H and O–H groups in total. The van der Waals surface area contributed by atoms with Crippen LogP contribution in [0, 0.1) is 23.7 Å². The van der Waals surface area contributed by atoms with Crippen molar-refractivity contribution in [3.05, 3.63) is 0 Å². The molecule has 3 saturated carbocycles. The molecule has 1 saturated heterocycles. The van der Waals surface area contributed by atoms with Crippen molar-refractivity contribution in [3.8, 4) is 0 Å². The molecule has 1 aliphatic heterocycles. The molecule has 4 rings (SSSR count). The van der Waals surface area contributed by atoms with Crippen LogP contribution in [0.4, 0.5) is 0 Å². The van der Waals surface area contributed by atoms with E-state index >= 15 is 0 Å². The lowest BCUT2D eigenvalue weighted by atomic mass is 10.0. The van der Waals surface area contributed by atoms with Crippen LogP contribution in [0.2, 0.25) is 0 Å². The lowest BCUT2D eigenvalue weighted by Gasteiger charge is -2.14. The summed E-state index contributed by atoms with van der Waals surface area (Å²) in [5.74, 6) is 4.44. The van der Waals surface area contributed by atoms with Gasteiger partial charge in [-0.25, -0.2) is 0 Å². The summed E-state index contributed by atoms with van der Waals surface area (Å²) in [6, 6.07) is 1.71. The third-order valence-electron chi connectivity index (χ3n) is 5.50. The van der Waals surface area contributed by atoms with Gasteiger partial charge in [0, 0.05) is 18.6 Å². The van der Waals surface area contributed by atoms with E-state index in [1.165, 1.54) is 25.9 Å². The van der Waals surface area contributed by atoms with Gasteiger partial charge in [0.1, 0.15) is 0 Å². The normalized spacial score (nSPS) is 56.0. The predicted octanol–water partition coefficient (Wildman–Crippen LogP) is 1.37. The molecule has 4 fully saturated rings. The van der Waals surface area contributed by atoms with Gasteiger partial charge in [-0.2, -0.15) is 0 Å². The molecule has 5 unspecified atom stereocenters. The Bertz CT molecular complexity index is 243. The Labute approximate surface area is 92.2 Å². The lowest BCUT2D eigenvalue weighted by Crippen LogP contribution is -2.36. The van der Waals surface area contributed by atoms with Crippen molar-refractivity contribution in [1.82, 2.24) is 10.6 Å². The number of hydrogen-bond acceptors (Lipinski definition) is 2. The SMILES string of the molecule is C1CNC(CNC2C3C4CCC(C4)C23)C1. The second-order valence-electron chi connectivity index (χ2n) is 6.22. The first-order valence-corrected chi connectivity index (χ1v) is 6.90.